The van der Waals surface area contributed by atoms with Crippen LogP contribution in [0.1, 0.15) is 26.8 Å². The van der Waals surface area contributed by atoms with Gasteiger partial charge < -0.3 is 15.0 Å². The van der Waals surface area contributed by atoms with Crippen molar-refractivity contribution in [3.63, 3.8) is 0 Å². The van der Waals surface area contributed by atoms with Gasteiger partial charge in [-0.3, -0.25) is 0 Å². The van der Waals surface area contributed by atoms with Gasteiger partial charge in [-0.2, -0.15) is 0 Å². The van der Waals surface area contributed by atoms with Gasteiger partial charge in [0.25, 0.3) is 0 Å². The van der Waals surface area contributed by atoms with Gasteiger partial charge in [0.15, 0.2) is 0 Å². The molecule has 0 saturated heterocycles. The van der Waals surface area contributed by atoms with Crippen LogP contribution in [0.3, 0.4) is 0 Å². The molecular formula is C14H19N3O. The Labute approximate surface area is 107 Å². The molecule has 2 aromatic rings. The first-order valence-electron chi connectivity index (χ1n) is 6.19. The van der Waals surface area contributed by atoms with Crippen molar-refractivity contribution in [2.45, 2.75) is 26.8 Å². The number of hydrogen-bond acceptors (Lipinski definition) is 3. The van der Waals surface area contributed by atoms with Crippen molar-refractivity contribution in [1.82, 2.24) is 9.55 Å². The normalized spacial score (nSPS) is 10.9. The van der Waals surface area contributed by atoms with Gasteiger partial charge in [-0.05, 0) is 45.0 Å². The van der Waals surface area contributed by atoms with Crippen LogP contribution >= 0.6 is 0 Å². The van der Waals surface area contributed by atoms with Crippen LogP contribution in [0.25, 0.3) is 11.3 Å². The van der Waals surface area contributed by atoms with E-state index in [1.807, 2.05) is 35.8 Å². The topological polar surface area (TPSA) is 53.1 Å². The number of nitrogens with two attached hydrogens (primary N) is 1. The Bertz CT molecular complexity index is 514. The largest absolute Gasteiger partial charge is 0.494 e. The van der Waals surface area contributed by atoms with Gasteiger partial charge in [-0.15, -0.1) is 0 Å². The Morgan fingerprint density at radius 2 is 1.94 bits per heavy atom. The zero-order chi connectivity index (χ0) is 13.1. The second kappa shape index (κ2) is 5.12. The average Bonchev–Trinajstić information content (AvgIpc) is 2.73. The van der Waals surface area contributed by atoms with Gasteiger partial charge in [0.1, 0.15) is 17.3 Å². The second-order valence-corrected chi connectivity index (χ2v) is 4.44. The number of benzene rings is 1. The lowest BCUT2D eigenvalue weighted by Gasteiger charge is -2.09. The highest BCUT2D eigenvalue weighted by Crippen LogP contribution is 2.27. The third-order valence-corrected chi connectivity index (χ3v) is 2.83. The van der Waals surface area contributed by atoms with E-state index in [2.05, 4.69) is 18.8 Å². The van der Waals surface area contributed by atoms with Crippen LogP contribution in [0.2, 0.25) is 0 Å². The van der Waals surface area contributed by atoms with E-state index < -0.39 is 0 Å². The summed E-state index contributed by atoms with van der Waals surface area (Å²) in [6.45, 7) is 6.81. The number of rotatable bonds is 4. The number of ether oxygens (including phenoxy) is 1. The monoisotopic (exact) mass is 245 g/mol. The first-order chi connectivity index (χ1) is 8.63. The average molecular weight is 245 g/mol. The predicted molar refractivity (Wildman–Crippen MR) is 73.6 cm³/mol. The minimum Gasteiger partial charge on any atom is -0.494 e. The van der Waals surface area contributed by atoms with Crippen LogP contribution in [0, 0.1) is 0 Å². The standard InChI is InChI=1S/C14H19N3O/c1-4-18-12-7-5-11(6-8-12)13-14(15)17(9-16-13)10(2)3/h5-10H,4,15H2,1-3H3. The van der Waals surface area contributed by atoms with Crippen LogP contribution in [0.5, 0.6) is 5.75 Å². The van der Waals surface area contributed by atoms with Crippen LogP contribution in [0.15, 0.2) is 30.6 Å². The fourth-order valence-corrected chi connectivity index (χ4v) is 1.88. The first-order valence-corrected chi connectivity index (χ1v) is 6.19. The fourth-order valence-electron chi connectivity index (χ4n) is 1.88. The summed E-state index contributed by atoms with van der Waals surface area (Å²) in [6.07, 6.45) is 1.78. The zero-order valence-corrected chi connectivity index (χ0v) is 11.1. The van der Waals surface area contributed by atoms with Crippen LogP contribution in [0.4, 0.5) is 5.82 Å². The lowest BCUT2D eigenvalue weighted by atomic mass is 10.1. The molecule has 0 bridgehead atoms. The van der Waals surface area contributed by atoms with E-state index in [-0.39, 0.29) is 0 Å². The minimum atomic E-state index is 0.314. The molecule has 96 valence electrons. The maximum absolute atomic E-state index is 6.10. The molecule has 0 unspecified atom stereocenters. The molecule has 4 heteroatoms. The van der Waals surface area contributed by atoms with Gasteiger partial charge in [0.2, 0.25) is 0 Å². The van der Waals surface area contributed by atoms with E-state index in [0.717, 1.165) is 17.0 Å². The molecule has 4 nitrogen and oxygen atoms in total. The lowest BCUT2D eigenvalue weighted by molar-refractivity contribution is 0.340. The van der Waals surface area contributed by atoms with Gasteiger partial charge in [0.05, 0.1) is 12.9 Å². The van der Waals surface area contributed by atoms with Gasteiger partial charge in [-0.1, -0.05) is 0 Å². The third-order valence-electron chi connectivity index (χ3n) is 2.83. The molecule has 18 heavy (non-hydrogen) atoms. The molecule has 1 aromatic heterocycles. The van der Waals surface area contributed by atoms with Crippen molar-refractivity contribution in [2.75, 3.05) is 12.3 Å². The maximum atomic E-state index is 6.10. The van der Waals surface area contributed by atoms with E-state index in [1.165, 1.54) is 0 Å². The first kappa shape index (κ1) is 12.5. The van der Waals surface area contributed by atoms with Crippen LogP contribution in [-0.4, -0.2) is 16.2 Å². The highest BCUT2D eigenvalue weighted by molar-refractivity contribution is 5.70. The Morgan fingerprint density at radius 1 is 1.28 bits per heavy atom. The summed E-state index contributed by atoms with van der Waals surface area (Å²) in [5.41, 5.74) is 7.94. The number of imidazole rings is 1. The van der Waals surface area contributed by atoms with Crippen molar-refractivity contribution in [1.29, 1.82) is 0 Å². The van der Waals surface area contributed by atoms with Crippen molar-refractivity contribution in [2.24, 2.45) is 0 Å². The minimum absolute atomic E-state index is 0.314. The highest BCUT2D eigenvalue weighted by Gasteiger charge is 2.11. The van der Waals surface area contributed by atoms with E-state index in [1.54, 1.807) is 6.33 Å². The van der Waals surface area contributed by atoms with Gasteiger partial charge >= 0.3 is 0 Å². The summed E-state index contributed by atoms with van der Waals surface area (Å²) in [7, 11) is 0. The smallest absolute Gasteiger partial charge is 0.131 e. The molecule has 0 aliphatic heterocycles. The summed E-state index contributed by atoms with van der Waals surface area (Å²) >= 11 is 0. The summed E-state index contributed by atoms with van der Waals surface area (Å²) < 4.78 is 7.38. The third kappa shape index (κ3) is 2.32. The van der Waals surface area contributed by atoms with E-state index in [0.29, 0.717) is 18.5 Å². The van der Waals surface area contributed by atoms with Gasteiger partial charge in [0, 0.05) is 11.6 Å². The number of hydrogen-bond donors (Lipinski definition) is 1. The number of aromatic nitrogens is 2. The summed E-state index contributed by atoms with van der Waals surface area (Å²) in [6, 6.07) is 8.15. The van der Waals surface area contributed by atoms with Crippen molar-refractivity contribution in [3.8, 4) is 17.0 Å². The lowest BCUT2D eigenvalue weighted by Crippen LogP contribution is -2.04. The molecule has 0 fully saturated rings. The highest BCUT2D eigenvalue weighted by atomic mass is 16.5. The molecule has 1 aromatic carbocycles. The Balaban J connectivity index is 2.31. The quantitative estimate of drug-likeness (QED) is 0.900. The van der Waals surface area contributed by atoms with Crippen LogP contribution < -0.4 is 10.5 Å². The molecule has 0 atom stereocenters. The molecule has 0 amide bonds. The van der Waals surface area contributed by atoms with E-state index in [4.69, 9.17) is 10.5 Å². The van der Waals surface area contributed by atoms with E-state index in [9.17, 15) is 0 Å². The number of anilines is 1. The molecule has 0 spiro atoms. The molecule has 0 aliphatic rings. The maximum Gasteiger partial charge on any atom is 0.131 e. The van der Waals surface area contributed by atoms with Crippen molar-refractivity contribution >= 4 is 5.82 Å². The Morgan fingerprint density at radius 3 is 2.44 bits per heavy atom. The molecular weight excluding hydrogens is 226 g/mol. The fraction of sp³-hybridized carbons (Fsp3) is 0.357. The molecule has 0 saturated carbocycles. The Hall–Kier alpha value is -1.97. The summed E-state index contributed by atoms with van der Waals surface area (Å²) in [4.78, 5) is 4.38. The molecule has 0 radical (unpaired) electrons. The summed E-state index contributed by atoms with van der Waals surface area (Å²) in [5.74, 6) is 1.57. The van der Waals surface area contributed by atoms with Crippen molar-refractivity contribution in [3.05, 3.63) is 30.6 Å². The molecule has 1 heterocycles. The zero-order valence-electron chi connectivity index (χ0n) is 11.1. The van der Waals surface area contributed by atoms with E-state index >= 15 is 0 Å². The number of nitrogen functional groups attached to an aromatic ring is 1. The molecule has 0 aliphatic carbocycles. The predicted octanol–water partition coefficient (Wildman–Crippen LogP) is 3.11. The SMILES string of the molecule is CCOc1ccc(-c2ncn(C(C)C)c2N)cc1. The summed E-state index contributed by atoms with van der Waals surface area (Å²) in [5, 5.41) is 0. The van der Waals surface area contributed by atoms with Crippen LogP contribution in [-0.2, 0) is 0 Å². The molecule has 2 N–H and O–H groups in total. The Kier molecular flexibility index (Phi) is 3.55. The second-order valence-electron chi connectivity index (χ2n) is 4.44. The number of nitrogens with zero attached hydrogens (tertiary/aromatic N) is 2. The molecule has 2 rings (SSSR count). The van der Waals surface area contributed by atoms with Crippen molar-refractivity contribution < 1.29 is 4.74 Å². The van der Waals surface area contributed by atoms with Gasteiger partial charge in [-0.25, -0.2) is 4.98 Å².